The van der Waals surface area contributed by atoms with Gasteiger partial charge in [-0.25, -0.2) is 0 Å². The molecular formula is C8H10O3. The second kappa shape index (κ2) is 3.32. The van der Waals surface area contributed by atoms with E-state index in [2.05, 4.69) is 4.74 Å². The molecule has 1 rings (SSSR count). The zero-order chi connectivity index (χ0) is 8.27. The summed E-state index contributed by atoms with van der Waals surface area (Å²) in [6, 6.07) is 0. The molecule has 0 atom stereocenters. The molecule has 3 nitrogen and oxygen atoms in total. The summed E-state index contributed by atoms with van der Waals surface area (Å²) in [5, 5.41) is 0. The van der Waals surface area contributed by atoms with Crippen LogP contribution in [0, 0.1) is 0 Å². The molecule has 0 amide bonds. The number of Topliss-reactive ketones (excluding diaryl/α,β-unsaturated/α-hetero) is 1. The van der Waals surface area contributed by atoms with Crippen molar-refractivity contribution in [3.63, 3.8) is 0 Å². The molecule has 0 aromatic heterocycles. The molecule has 11 heavy (non-hydrogen) atoms. The number of esters is 1. The summed E-state index contributed by atoms with van der Waals surface area (Å²) in [4.78, 5) is 21.3. The van der Waals surface area contributed by atoms with Crippen molar-refractivity contribution in [2.45, 2.75) is 26.2 Å². The second-order valence-corrected chi connectivity index (χ2v) is 2.53. The van der Waals surface area contributed by atoms with Gasteiger partial charge in [0.05, 0.1) is 0 Å². The Bertz CT molecular complexity index is 215. The van der Waals surface area contributed by atoms with E-state index in [4.69, 9.17) is 0 Å². The SMILES string of the molecule is CC(=O)O/C=C1\CCCC1=O. The van der Waals surface area contributed by atoms with Crippen LogP contribution >= 0.6 is 0 Å². The monoisotopic (exact) mass is 154 g/mol. The van der Waals surface area contributed by atoms with Crippen LogP contribution in [0.1, 0.15) is 26.2 Å². The van der Waals surface area contributed by atoms with Crippen molar-refractivity contribution in [2.24, 2.45) is 0 Å². The Labute approximate surface area is 65.0 Å². The fourth-order valence-corrected chi connectivity index (χ4v) is 1.02. The molecule has 1 aliphatic carbocycles. The van der Waals surface area contributed by atoms with Crippen LogP contribution in [0.15, 0.2) is 11.8 Å². The fourth-order valence-electron chi connectivity index (χ4n) is 1.02. The molecule has 0 aliphatic heterocycles. The highest BCUT2D eigenvalue weighted by Gasteiger charge is 2.17. The van der Waals surface area contributed by atoms with Gasteiger partial charge >= 0.3 is 5.97 Å². The molecule has 0 aromatic rings. The van der Waals surface area contributed by atoms with E-state index in [1.165, 1.54) is 13.2 Å². The van der Waals surface area contributed by atoms with Crippen LogP contribution in [0.25, 0.3) is 0 Å². The molecule has 0 radical (unpaired) electrons. The number of hydrogen-bond acceptors (Lipinski definition) is 3. The van der Waals surface area contributed by atoms with Gasteiger partial charge in [-0.15, -0.1) is 0 Å². The highest BCUT2D eigenvalue weighted by molar-refractivity contribution is 5.97. The number of allylic oxidation sites excluding steroid dienone is 1. The van der Waals surface area contributed by atoms with Crippen molar-refractivity contribution in [2.75, 3.05) is 0 Å². The molecule has 1 saturated carbocycles. The van der Waals surface area contributed by atoms with Crippen molar-refractivity contribution in [3.05, 3.63) is 11.8 Å². The fraction of sp³-hybridized carbons (Fsp3) is 0.500. The second-order valence-electron chi connectivity index (χ2n) is 2.53. The average molecular weight is 154 g/mol. The van der Waals surface area contributed by atoms with Crippen LogP contribution in [0.4, 0.5) is 0 Å². The first-order chi connectivity index (χ1) is 5.20. The normalized spacial score (nSPS) is 20.8. The van der Waals surface area contributed by atoms with Gasteiger partial charge in [0.1, 0.15) is 6.26 Å². The van der Waals surface area contributed by atoms with Crippen molar-refractivity contribution in [3.8, 4) is 0 Å². The first-order valence-electron chi connectivity index (χ1n) is 3.59. The molecule has 0 bridgehead atoms. The Kier molecular flexibility index (Phi) is 2.41. The van der Waals surface area contributed by atoms with Crippen LogP contribution in [-0.2, 0) is 14.3 Å². The quantitative estimate of drug-likeness (QED) is 0.323. The van der Waals surface area contributed by atoms with Gasteiger partial charge < -0.3 is 4.74 Å². The molecule has 0 saturated heterocycles. The maximum atomic E-state index is 10.9. The third-order valence-corrected chi connectivity index (χ3v) is 1.58. The minimum Gasteiger partial charge on any atom is -0.434 e. The highest BCUT2D eigenvalue weighted by Crippen LogP contribution is 2.19. The Morgan fingerprint density at radius 2 is 2.27 bits per heavy atom. The molecule has 3 heteroatoms. The van der Waals surface area contributed by atoms with Crippen LogP contribution in [0.2, 0.25) is 0 Å². The number of carbonyl (C=O) groups excluding carboxylic acids is 2. The van der Waals surface area contributed by atoms with E-state index in [1.807, 2.05) is 0 Å². The van der Waals surface area contributed by atoms with Gasteiger partial charge in [-0.3, -0.25) is 9.59 Å². The molecule has 0 N–H and O–H groups in total. The molecule has 1 aliphatic rings. The Hall–Kier alpha value is -1.12. The van der Waals surface area contributed by atoms with Crippen molar-refractivity contribution in [1.82, 2.24) is 0 Å². The van der Waals surface area contributed by atoms with Crippen LogP contribution in [-0.4, -0.2) is 11.8 Å². The molecule has 0 spiro atoms. The minimum atomic E-state index is -0.378. The van der Waals surface area contributed by atoms with E-state index in [1.54, 1.807) is 0 Å². The highest BCUT2D eigenvalue weighted by atomic mass is 16.5. The number of hydrogen-bond donors (Lipinski definition) is 0. The summed E-state index contributed by atoms with van der Waals surface area (Å²) in [5.41, 5.74) is 0.639. The van der Waals surface area contributed by atoms with Gasteiger partial charge in [0.15, 0.2) is 5.78 Å². The number of carbonyl (C=O) groups is 2. The van der Waals surface area contributed by atoms with E-state index < -0.39 is 0 Å². The van der Waals surface area contributed by atoms with E-state index in [9.17, 15) is 9.59 Å². The van der Waals surface area contributed by atoms with Gasteiger partial charge in [-0.2, -0.15) is 0 Å². The summed E-state index contributed by atoms with van der Waals surface area (Å²) in [5.74, 6) is -0.275. The Morgan fingerprint density at radius 3 is 2.73 bits per heavy atom. The van der Waals surface area contributed by atoms with Crippen LogP contribution in [0.5, 0.6) is 0 Å². The third kappa shape index (κ3) is 2.18. The van der Waals surface area contributed by atoms with E-state index in [-0.39, 0.29) is 11.8 Å². The topological polar surface area (TPSA) is 43.4 Å². The molecule has 0 heterocycles. The van der Waals surface area contributed by atoms with Crippen molar-refractivity contribution in [1.29, 1.82) is 0 Å². The summed E-state index contributed by atoms with van der Waals surface area (Å²) < 4.78 is 4.57. The predicted octanol–water partition coefficient (Wildman–Crippen LogP) is 1.19. The van der Waals surface area contributed by atoms with E-state index in [0.717, 1.165) is 12.8 Å². The average Bonchev–Trinajstić information content (AvgIpc) is 2.31. The largest absolute Gasteiger partial charge is 0.434 e. The van der Waals surface area contributed by atoms with Crippen LogP contribution < -0.4 is 0 Å². The Balaban J connectivity index is 2.52. The smallest absolute Gasteiger partial charge is 0.307 e. The Morgan fingerprint density at radius 1 is 1.55 bits per heavy atom. The molecule has 0 aromatic carbocycles. The zero-order valence-corrected chi connectivity index (χ0v) is 6.42. The molecular weight excluding hydrogens is 144 g/mol. The van der Waals surface area contributed by atoms with Crippen LogP contribution in [0.3, 0.4) is 0 Å². The predicted molar refractivity (Wildman–Crippen MR) is 38.7 cm³/mol. The first kappa shape index (κ1) is 7.98. The molecule has 1 fully saturated rings. The number of ether oxygens (including phenoxy) is 1. The van der Waals surface area contributed by atoms with Gasteiger partial charge in [-0.1, -0.05) is 0 Å². The maximum Gasteiger partial charge on any atom is 0.307 e. The lowest BCUT2D eigenvalue weighted by Gasteiger charge is -1.93. The summed E-state index contributed by atoms with van der Waals surface area (Å²) in [7, 11) is 0. The molecule has 0 unspecified atom stereocenters. The lowest BCUT2D eigenvalue weighted by molar-refractivity contribution is -0.135. The summed E-state index contributed by atoms with van der Waals surface area (Å²) >= 11 is 0. The van der Waals surface area contributed by atoms with Crippen molar-refractivity contribution < 1.29 is 14.3 Å². The standard InChI is InChI=1S/C8H10O3/c1-6(9)11-5-7-3-2-4-8(7)10/h5H,2-4H2,1H3/b7-5+. The summed E-state index contributed by atoms with van der Waals surface area (Å²) in [6.07, 6.45) is 3.49. The maximum absolute atomic E-state index is 10.9. The zero-order valence-electron chi connectivity index (χ0n) is 6.42. The first-order valence-corrected chi connectivity index (χ1v) is 3.59. The third-order valence-electron chi connectivity index (χ3n) is 1.58. The lowest BCUT2D eigenvalue weighted by Crippen LogP contribution is -1.96. The van der Waals surface area contributed by atoms with Gasteiger partial charge in [0.2, 0.25) is 0 Å². The van der Waals surface area contributed by atoms with Gasteiger partial charge in [-0.05, 0) is 12.8 Å². The van der Waals surface area contributed by atoms with E-state index in [0.29, 0.717) is 12.0 Å². The minimum absolute atomic E-state index is 0.103. The van der Waals surface area contributed by atoms with E-state index >= 15 is 0 Å². The number of rotatable bonds is 1. The lowest BCUT2D eigenvalue weighted by atomic mass is 10.2. The summed E-state index contributed by atoms with van der Waals surface area (Å²) in [6.45, 7) is 1.32. The van der Waals surface area contributed by atoms with Crippen molar-refractivity contribution >= 4 is 11.8 Å². The van der Waals surface area contributed by atoms with Gasteiger partial charge in [0.25, 0.3) is 0 Å². The van der Waals surface area contributed by atoms with Gasteiger partial charge in [0, 0.05) is 18.9 Å². The number of ketones is 1. The molecule has 60 valence electrons.